The van der Waals surface area contributed by atoms with E-state index in [9.17, 15) is 23.6 Å². The Morgan fingerprint density at radius 2 is 1.78 bits per heavy atom. The number of aromatic nitrogens is 1. The lowest BCUT2D eigenvalue weighted by Gasteiger charge is -2.43. The minimum atomic E-state index is -2.74. The van der Waals surface area contributed by atoms with Gasteiger partial charge in [-0.15, -0.1) is 0 Å². The number of nitrogens with one attached hydrogen (secondary N) is 1. The van der Waals surface area contributed by atoms with Crippen molar-refractivity contribution in [1.29, 1.82) is 5.26 Å². The molecule has 1 aliphatic carbocycles. The van der Waals surface area contributed by atoms with E-state index in [2.05, 4.69) is 37.3 Å². The van der Waals surface area contributed by atoms with Crippen LogP contribution in [0.4, 0.5) is 14.5 Å². The lowest BCUT2D eigenvalue weighted by Crippen LogP contribution is -2.61. The minimum Gasteiger partial charge on any atom is -0.379 e. The number of methoxy groups -OCH3 is 1. The number of hydrogen-bond donors (Lipinski definition) is 1. The van der Waals surface area contributed by atoms with E-state index in [1.165, 1.54) is 23.1 Å². The average Bonchev–Trinajstić information content (AvgIpc) is 3.38. The number of halogens is 2. The highest BCUT2D eigenvalue weighted by atomic mass is 19.3. The van der Waals surface area contributed by atoms with Crippen LogP contribution in [0.15, 0.2) is 48.8 Å². The van der Waals surface area contributed by atoms with E-state index in [4.69, 9.17) is 4.74 Å². The highest BCUT2D eigenvalue weighted by Crippen LogP contribution is 2.38. The van der Waals surface area contributed by atoms with Gasteiger partial charge in [-0.2, -0.15) is 5.26 Å². The molecule has 41 heavy (non-hydrogen) atoms. The lowest BCUT2D eigenvalue weighted by molar-refractivity contribution is -0.133. The number of rotatable bonds is 7. The number of amides is 2. The van der Waals surface area contributed by atoms with Crippen LogP contribution in [-0.2, 0) is 25.3 Å². The summed E-state index contributed by atoms with van der Waals surface area (Å²) in [5.74, 6) is -3.68. The Bertz CT molecular complexity index is 1270. The molecule has 4 rings (SSSR count). The quantitative estimate of drug-likeness (QED) is 0.479. The van der Waals surface area contributed by atoms with Crippen molar-refractivity contribution in [2.24, 2.45) is 0 Å². The first-order valence-corrected chi connectivity index (χ1v) is 14.0. The lowest BCUT2D eigenvalue weighted by atomic mass is 9.85. The maximum absolute atomic E-state index is 14.5. The molecule has 2 fully saturated rings. The zero-order valence-corrected chi connectivity index (χ0v) is 24.4. The molecule has 0 radical (unpaired) electrons. The molecule has 1 N–H and O–H groups in total. The summed E-state index contributed by atoms with van der Waals surface area (Å²) in [6.45, 7) is 8.15. The average molecular weight is 568 g/mol. The largest absolute Gasteiger partial charge is 0.379 e. The summed E-state index contributed by atoms with van der Waals surface area (Å²) >= 11 is 0. The molecule has 8 nitrogen and oxygen atoms in total. The second-order valence-corrected chi connectivity index (χ2v) is 12.2. The SMILES string of the molecule is COC1CC(C(=O)N(c2ccc(C(C)(C)C)cc2)C(C)(C(=O)NC2CCC(F)(F)CC2)c2cccnc2)N(C#N)C1. The molecule has 2 amide bonds. The van der Waals surface area contributed by atoms with Crippen molar-refractivity contribution >= 4 is 17.5 Å². The topological polar surface area (TPSA) is 98.6 Å². The Labute approximate surface area is 240 Å². The van der Waals surface area contributed by atoms with Gasteiger partial charge in [-0.3, -0.25) is 24.4 Å². The molecule has 1 saturated heterocycles. The van der Waals surface area contributed by atoms with Gasteiger partial charge in [0.2, 0.25) is 5.92 Å². The molecule has 1 aromatic carbocycles. The highest BCUT2D eigenvalue weighted by molar-refractivity contribution is 6.06. The first-order chi connectivity index (χ1) is 19.3. The fourth-order valence-electron chi connectivity index (χ4n) is 5.70. The van der Waals surface area contributed by atoms with Crippen LogP contribution in [0.3, 0.4) is 0 Å². The van der Waals surface area contributed by atoms with Crippen LogP contribution in [0.2, 0.25) is 0 Å². The van der Waals surface area contributed by atoms with Crippen LogP contribution in [0.25, 0.3) is 0 Å². The second-order valence-electron chi connectivity index (χ2n) is 12.2. The van der Waals surface area contributed by atoms with Gasteiger partial charge in [-0.1, -0.05) is 39.0 Å². The summed E-state index contributed by atoms with van der Waals surface area (Å²) in [7, 11) is 1.54. The summed E-state index contributed by atoms with van der Waals surface area (Å²) in [4.78, 5) is 35.9. The number of anilines is 1. The monoisotopic (exact) mass is 567 g/mol. The van der Waals surface area contributed by atoms with Gasteiger partial charge < -0.3 is 10.1 Å². The first-order valence-electron chi connectivity index (χ1n) is 14.0. The molecule has 0 bridgehead atoms. The number of hydrogen-bond acceptors (Lipinski definition) is 6. The number of carbonyl (C=O) groups is 2. The third-order valence-corrected chi connectivity index (χ3v) is 8.39. The number of alkyl halides is 2. The number of carbonyl (C=O) groups excluding carboxylic acids is 2. The van der Waals surface area contributed by atoms with Gasteiger partial charge in [0.05, 0.1) is 12.6 Å². The Balaban J connectivity index is 1.82. The minimum absolute atomic E-state index is 0.135. The number of likely N-dealkylation sites (tertiary alicyclic amines) is 1. The third-order valence-electron chi connectivity index (χ3n) is 8.39. The van der Waals surface area contributed by atoms with E-state index < -0.39 is 35.4 Å². The Kier molecular flexibility index (Phi) is 8.69. The molecule has 1 aliphatic heterocycles. The molecule has 2 aliphatic rings. The zero-order chi connectivity index (χ0) is 30.0. The van der Waals surface area contributed by atoms with E-state index in [1.807, 2.05) is 12.1 Å². The van der Waals surface area contributed by atoms with Gasteiger partial charge in [0.15, 0.2) is 11.7 Å². The zero-order valence-electron chi connectivity index (χ0n) is 24.4. The summed E-state index contributed by atoms with van der Waals surface area (Å²) in [5.41, 5.74) is 0.217. The molecule has 220 valence electrons. The Morgan fingerprint density at radius 1 is 1.12 bits per heavy atom. The molecule has 1 aromatic heterocycles. The standard InChI is InChI=1S/C31H39F2N5O3/c1-29(2,3)21-8-10-24(11-9-21)38(27(39)26-17-25(41-5)19-37(26)20-34)30(4,22-7-6-16-35-18-22)28(40)36-23-12-14-31(32,33)15-13-23/h6-11,16,18,23,25-26H,12-15,17,19H2,1-5H3,(H,36,40). The van der Waals surface area contributed by atoms with Crippen LogP contribution in [0.5, 0.6) is 0 Å². The first kappa shape index (κ1) is 30.4. The number of nitriles is 1. The highest BCUT2D eigenvalue weighted by Gasteiger charge is 2.50. The molecular formula is C31H39F2N5O3. The van der Waals surface area contributed by atoms with Crippen molar-refractivity contribution in [3.8, 4) is 6.19 Å². The van der Waals surface area contributed by atoms with Crippen LogP contribution in [0.1, 0.15) is 70.9 Å². The number of benzene rings is 1. The third kappa shape index (κ3) is 6.35. The Hall–Kier alpha value is -3.58. The van der Waals surface area contributed by atoms with Crippen LogP contribution in [-0.4, -0.2) is 59.5 Å². The van der Waals surface area contributed by atoms with Crippen molar-refractivity contribution in [2.45, 2.75) is 94.9 Å². The number of pyridine rings is 1. The van der Waals surface area contributed by atoms with Gasteiger partial charge in [-0.05, 0) is 48.9 Å². The maximum atomic E-state index is 14.5. The molecular weight excluding hydrogens is 528 g/mol. The molecule has 1 saturated carbocycles. The van der Waals surface area contributed by atoms with Gasteiger partial charge >= 0.3 is 0 Å². The molecule has 2 aromatic rings. The molecule has 2 heterocycles. The van der Waals surface area contributed by atoms with Crippen molar-refractivity contribution < 1.29 is 23.1 Å². The maximum Gasteiger partial charge on any atom is 0.251 e. The van der Waals surface area contributed by atoms with E-state index >= 15 is 0 Å². The normalized spacial score (nSPS) is 22.4. The molecule has 3 atom stereocenters. The summed E-state index contributed by atoms with van der Waals surface area (Å²) in [6, 6.07) is 9.56. The summed E-state index contributed by atoms with van der Waals surface area (Å²) in [5, 5.41) is 12.8. The van der Waals surface area contributed by atoms with Gasteiger partial charge in [0, 0.05) is 56.1 Å². The van der Waals surface area contributed by atoms with Crippen molar-refractivity contribution in [1.82, 2.24) is 15.2 Å². The van der Waals surface area contributed by atoms with Gasteiger partial charge in [0.25, 0.3) is 11.8 Å². The van der Waals surface area contributed by atoms with E-state index in [0.29, 0.717) is 11.3 Å². The van der Waals surface area contributed by atoms with Gasteiger partial charge in [0.1, 0.15) is 6.04 Å². The van der Waals surface area contributed by atoms with E-state index in [1.54, 1.807) is 37.4 Å². The van der Waals surface area contributed by atoms with Crippen LogP contribution < -0.4 is 10.2 Å². The molecule has 3 unspecified atom stereocenters. The predicted molar refractivity (Wildman–Crippen MR) is 151 cm³/mol. The second kappa shape index (κ2) is 11.7. The fourth-order valence-corrected chi connectivity index (χ4v) is 5.70. The van der Waals surface area contributed by atoms with E-state index in [0.717, 1.165) is 5.56 Å². The van der Waals surface area contributed by atoms with Crippen LogP contribution >= 0.6 is 0 Å². The number of nitrogens with zero attached hydrogens (tertiary/aromatic N) is 4. The van der Waals surface area contributed by atoms with Gasteiger partial charge in [-0.25, -0.2) is 8.78 Å². The molecule has 0 spiro atoms. The van der Waals surface area contributed by atoms with E-state index in [-0.39, 0.29) is 50.2 Å². The Morgan fingerprint density at radius 3 is 2.32 bits per heavy atom. The van der Waals surface area contributed by atoms with Crippen molar-refractivity contribution in [3.63, 3.8) is 0 Å². The smallest absolute Gasteiger partial charge is 0.251 e. The fraction of sp³-hybridized carbons (Fsp3) is 0.548. The summed E-state index contributed by atoms with van der Waals surface area (Å²) in [6.07, 6.45) is 4.83. The summed E-state index contributed by atoms with van der Waals surface area (Å²) < 4.78 is 33.2. The molecule has 10 heteroatoms. The van der Waals surface area contributed by atoms with Crippen molar-refractivity contribution in [3.05, 3.63) is 59.9 Å². The predicted octanol–water partition coefficient (Wildman–Crippen LogP) is 4.89. The van der Waals surface area contributed by atoms with Crippen LogP contribution in [0, 0.1) is 11.5 Å². The van der Waals surface area contributed by atoms with Crippen molar-refractivity contribution in [2.75, 3.05) is 18.6 Å². The number of ether oxygens (including phenoxy) is 1.